The van der Waals surface area contributed by atoms with Crippen LogP contribution in [0.5, 0.6) is 0 Å². The number of halogens is 1. The Bertz CT molecular complexity index is 387. The highest BCUT2D eigenvalue weighted by molar-refractivity contribution is 8.15. The molecule has 0 aliphatic carbocycles. The fourth-order valence-corrected chi connectivity index (χ4v) is 2.13. The molecule has 4 heteroatoms. The van der Waals surface area contributed by atoms with Crippen LogP contribution < -0.4 is 0 Å². The summed E-state index contributed by atoms with van der Waals surface area (Å²) in [4.78, 5) is 22.7. The first kappa shape index (κ1) is 13.3. The van der Waals surface area contributed by atoms with Crippen LogP contribution in [0.4, 0.5) is 0 Å². The first-order valence-electron chi connectivity index (χ1n) is 4.87. The minimum atomic E-state index is -0.854. The van der Waals surface area contributed by atoms with Crippen molar-refractivity contribution in [2.24, 2.45) is 0 Å². The summed E-state index contributed by atoms with van der Waals surface area (Å²) in [6.07, 6.45) is 0.319. The van der Waals surface area contributed by atoms with Gasteiger partial charge in [0.2, 0.25) is 5.24 Å². The van der Waals surface area contributed by atoms with Gasteiger partial charge in [-0.15, -0.1) is 0 Å². The smallest absolute Gasteiger partial charge is 0.237 e. The van der Waals surface area contributed by atoms with Crippen LogP contribution in [-0.2, 0) is 16.0 Å². The maximum atomic E-state index is 11.7. The van der Waals surface area contributed by atoms with Gasteiger partial charge in [0.25, 0.3) is 0 Å². The first-order chi connectivity index (χ1) is 7.42. The summed E-state index contributed by atoms with van der Waals surface area (Å²) >= 11 is 6.39. The van der Waals surface area contributed by atoms with Gasteiger partial charge in [-0.05, 0) is 31.0 Å². The van der Waals surface area contributed by atoms with Crippen molar-refractivity contribution in [1.82, 2.24) is 0 Å². The average molecular weight is 257 g/mol. The third-order valence-corrected chi connectivity index (χ3v) is 3.69. The van der Waals surface area contributed by atoms with E-state index in [0.29, 0.717) is 6.42 Å². The van der Waals surface area contributed by atoms with E-state index < -0.39 is 9.99 Å². The second-order valence-corrected chi connectivity index (χ2v) is 5.94. The van der Waals surface area contributed by atoms with Gasteiger partial charge in [-0.25, -0.2) is 0 Å². The number of thioether (sulfide) groups is 1. The van der Waals surface area contributed by atoms with Crippen molar-refractivity contribution in [2.45, 2.75) is 25.0 Å². The number of rotatable bonds is 4. The van der Waals surface area contributed by atoms with Crippen LogP contribution in [0.3, 0.4) is 0 Å². The summed E-state index contributed by atoms with van der Waals surface area (Å²) < 4.78 is -0.854. The monoisotopic (exact) mass is 256 g/mol. The molecule has 0 radical (unpaired) electrons. The molecule has 0 fully saturated rings. The molecule has 86 valence electrons. The zero-order valence-corrected chi connectivity index (χ0v) is 10.8. The summed E-state index contributed by atoms with van der Waals surface area (Å²) in [6, 6.07) is 9.42. The minimum absolute atomic E-state index is 0.0507. The van der Waals surface area contributed by atoms with E-state index in [1.807, 2.05) is 30.3 Å². The number of hydrogen-bond acceptors (Lipinski definition) is 3. The second kappa shape index (κ2) is 5.51. The molecule has 0 spiro atoms. The molecule has 0 atom stereocenters. The molecule has 0 amide bonds. The van der Waals surface area contributed by atoms with E-state index in [4.69, 9.17) is 11.6 Å². The molecule has 0 saturated heterocycles. The van der Waals surface area contributed by atoms with Gasteiger partial charge in [0.1, 0.15) is 0 Å². The van der Waals surface area contributed by atoms with Crippen molar-refractivity contribution in [2.75, 3.05) is 0 Å². The Hall–Kier alpha value is -0.800. The molecule has 0 saturated carbocycles. The lowest BCUT2D eigenvalue weighted by Gasteiger charge is -2.17. The topological polar surface area (TPSA) is 34.1 Å². The van der Waals surface area contributed by atoms with Gasteiger partial charge in [0.15, 0.2) is 5.12 Å². The standard InChI is InChI=1S/C12H13ClO2S/c1-12(2,11(13)15)16-10(14)8-9-6-4-3-5-7-9/h3-7H,8H2,1-2H3. The third-order valence-electron chi connectivity index (χ3n) is 2.03. The van der Waals surface area contributed by atoms with E-state index in [-0.39, 0.29) is 5.12 Å². The number of hydrogen-bond donors (Lipinski definition) is 0. The highest BCUT2D eigenvalue weighted by Gasteiger charge is 2.29. The fourth-order valence-electron chi connectivity index (χ4n) is 1.12. The van der Waals surface area contributed by atoms with Gasteiger partial charge in [-0.1, -0.05) is 42.1 Å². The lowest BCUT2D eigenvalue weighted by atomic mass is 10.2. The minimum Gasteiger partial charge on any atom is -0.287 e. The van der Waals surface area contributed by atoms with Crippen LogP contribution in [0.25, 0.3) is 0 Å². The van der Waals surface area contributed by atoms with Crippen molar-refractivity contribution in [3.8, 4) is 0 Å². The van der Waals surface area contributed by atoms with Crippen LogP contribution in [-0.4, -0.2) is 15.1 Å². The van der Waals surface area contributed by atoms with Crippen molar-refractivity contribution in [3.63, 3.8) is 0 Å². The number of carbonyl (C=O) groups is 2. The summed E-state index contributed by atoms with van der Waals surface area (Å²) in [5.41, 5.74) is 0.942. The van der Waals surface area contributed by atoms with Gasteiger partial charge in [-0.2, -0.15) is 0 Å². The molecular weight excluding hydrogens is 244 g/mol. The van der Waals surface area contributed by atoms with E-state index in [9.17, 15) is 9.59 Å². The molecule has 0 aliphatic rings. The number of benzene rings is 1. The normalized spacial score (nSPS) is 11.2. The lowest BCUT2D eigenvalue weighted by molar-refractivity contribution is -0.114. The van der Waals surface area contributed by atoms with Crippen LogP contribution in [0, 0.1) is 0 Å². The van der Waals surface area contributed by atoms with E-state index >= 15 is 0 Å². The van der Waals surface area contributed by atoms with Crippen LogP contribution in [0.1, 0.15) is 19.4 Å². The largest absolute Gasteiger partial charge is 0.287 e. The summed E-state index contributed by atoms with van der Waals surface area (Å²) in [5.74, 6) is 0. The van der Waals surface area contributed by atoms with Crippen LogP contribution in [0.15, 0.2) is 30.3 Å². The van der Waals surface area contributed by atoms with Gasteiger partial charge in [0, 0.05) is 6.42 Å². The maximum Gasteiger partial charge on any atom is 0.237 e. The zero-order chi connectivity index (χ0) is 12.2. The molecule has 1 rings (SSSR count). The van der Waals surface area contributed by atoms with Gasteiger partial charge < -0.3 is 0 Å². The Kier molecular flexibility index (Phi) is 4.56. The molecule has 1 aromatic rings. The van der Waals surface area contributed by atoms with E-state index in [0.717, 1.165) is 17.3 Å². The van der Waals surface area contributed by atoms with Crippen molar-refractivity contribution >= 4 is 33.7 Å². The summed E-state index contributed by atoms with van der Waals surface area (Å²) in [5, 5.41) is -0.552. The highest BCUT2D eigenvalue weighted by atomic mass is 35.5. The molecule has 1 aromatic carbocycles. The van der Waals surface area contributed by atoms with Gasteiger partial charge in [0.05, 0.1) is 4.75 Å². The predicted octanol–water partition coefficient (Wildman–Crippen LogP) is 3.03. The SMILES string of the molecule is CC(C)(SC(=O)Cc1ccccc1)C(=O)Cl. The number of carbonyl (C=O) groups excluding carboxylic acids is 2. The highest BCUT2D eigenvalue weighted by Crippen LogP contribution is 2.28. The average Bonchev–Trinajstić information content (AvgIpc) is 2.17. The second-order valence-electron chi connectivity index (χ2n) is 3.92. The van der Waals surface area contributed by atoms with E-state index in [1.165, 1.54) is 0 Å². The van der Waals surface area contributed by atoms with Gasteiger partial charge in [-0.3, -0.25) is 9.59 Å². The molecule has 2 nitrogen and oxygen atoms in total. The molecule has 0 aromatic heterocycles. The maximum absolute atomic E-state index is 11.7. The van der Waals surface area contributed by atoms with Crippen molar-refractivity contribution < 1.29 is 9.59 Å². The third kappa shape index (κ3) is 3.99. The molecule has 16 heavy (non-hydrogen) atoms. The summed E-state index contributed by atoms with van der Waals surface area (Å²) in [6.45, 7) is 3.30. The fraction of sp³-hybridized carbons (Fsp3) is 0.333. The molecule has 0 aliphatic heterocycles. The Labute approximate surface area is 104 Å². The Morgan fingerprint density at radius 3 is 2.31 bits per heavy atom. The van der Waals surface area contributed by atoms with Crippen LogP contribution >= 0.6 is 23.4 Å². The van der Waals surface area contributed by atoms with Crippen LogP contribution in [0.2, 0.25) is 0 Å². The van der Waals surface area contributed by atoms with Crippen molar-refractivity contribution in [3.05, 3.63) is 35.9 Å². The van der Waals surface area contributed by atoms with E-state index in [1.54, 1.807) is 13.8 Å². The summed E-state index contributed by atoms with van der Waals surface area (Å²) in [7, 11) is 0. The Morgan fingerprint density at radius 2 is 1.81 bits per heavy atom. The van der Waals surface area contributed by atoms with Gasteiger partial charge >= 0.3 is 0 Å². The Balaban J connectivity index is 2.58. The molecule has 0 bridgehead atoms. The molecule has 0 N–H and O–H groups in total. The Morgan fingerprint density at radius 1 is 1.25 bits per heavy atom. The lowest BCUT2D eigenvalue weighted by Crippen LogP contribution is -2.25. The quantitative estimate of drug-likeness (QED) is 0.777. The molecular formula is C12H13ClO2S. The molecule has 0 unspecified atom stereocenters. The predicted molar refractivity (Wildman–Crippen MR) is 67.7 cm³/mol. The molecule has 0 heterocycles. The first-order valence-corrected chi connectivity index (χ1v) is 6.07. The van der Waals surface area contributed by atoms with Crippen molar-refractivity contribution in [1.29, 1.82) is 0 Å². The van der Waals surface area contributed by atoms with E-state index in [2.05, 4.69) is 0 Å². The zero-order valence-electron chi connectivity index (χ0n) is 9.20.